The van der Waals surface area contributed by atoms with Gasteiger partial charge in [-0.15, -0.1) is 0 Å². The Hall–Kier alpha value is -2.31. The third-order valence-corrected chi connectivity index (χ3v) is 4.46. The minimum atomic E-state index is -4.58. The molecule has 0 radical (unpaired) electrons. The Balaban J connectivity index is 1.81. The van der Waals surface area contributed by atoms with Crippen LogP contribution in [-0.2, 0) is 6.18 Å². The summed E-state index contributed by atoms with van der Waals surface area (Å²) in [5, 5.41) is 2.96. The van der Waals surface area contributed by atoms with E-state index in [9.17, 15) is 13.2 Å². The van der Waals surface area contributed by atoms with Gasteiger partial charge in [0, 0.05) is 11.9 Å². The lowest BCUT2D eigenvalue weighted by atomic mass is 9.98. The van der Waals surface area contributed by atoms with Crippen LogP contribution in [0.4, 0.5) is 24.8 Å². The van der Waals surface area contributed by atoms with Gasteiger partial charge >= 0.3 is 6.18 Å². The Morgan fingerprint density at radius 1 is 1.04 bits per heavy atom. The Labute approximate surface area is 157 Å². The fourth-order valence-electron chi connectivity index (χ4n) is 3.22. The third-order valence-electron chi connectivity index (χ3n) is 4.46. The molecule has 27 heavy (non-hydrogen) atoms. The average Bonchev–Trinajstić information content (AvgIpc) is 3.07. The van der Waals surface area contributed by atoms with Gasteiger partial charge in [-0.1, -0.05) is 25.0 Å². The molecule has 1 fully saturated rings. The molecule has 1 N–H and O–H groups in total. The van der Waals surface area contributed by atoms with Gasteiger partial charge in [-0.3, -0.25) is 0 Å². The molecule has 1 heterocycles. The van der Waals surface area contributed by atoms with Crippen LogP contribution in [0.15, 0.2) is 30.5 Å². The summed E-state index contributed by atoms with van der Waals surface area (Å²) in [6.07, 6.45) is 1.12. The molecular formula is C20H24F3N3O. The minimum absolute atomic E-state index is 0.0656. The summed E-state index contributed by atoms with van der Waals surface area (Å²) in [7, 11) is 0. The van der Waals surface area contributed by atoms with Gasteiger partial charge in [0.1, 0.15) is 11.2 Å². The largest absolute Gasteiger partial charge is 0.471 e. The SMILES string of the molecule is CC(C)(C)Oc1nc(Nc2ccc(C3CCCC3)cc2)ncc1C(F)(F)F. The number of nitrogens with zero attached hydrogens (tertiary/aromatic N) is 2. The van der Waals surface area contributed by atoms with Gasteiger partial charge in [0.25, 0.3) is 0 Å². The van der Waals surface area contributed by atoms with Gasteiger partial charge in [0.2, 0.25) is 11.8 Å². The van der Waals surface area contributed by atoms with E-state index < -0.39 is 23.2 Å². The van der Waals surface area contributed by atoms with Gasteiger partial charge in [-0.2, -0.15) is 18.2 Å². The van der Waals surface area contributed by atoms with Crippen molar-refractivity contribution in [1.29, 1.82) is 0 Å². The summed E-state index contributed by atoms with van der Waals surface area (Å²) >= 11 is 0. The van der Waals surface area contributed by atoms with Crippen LogP contribution < -0.4 is 10.1 Å². The lowest BCUT2D eigenvalue weighted by molar-refractivity contribution is -0.140. The third kappa shape index (κ3) is 5.11. The molecule has 1 aromatic carbocycles. The first-order chi connectivity index (χ1) is 12.6. The fraction of sp³-hybridized carbons (Fsp3) is 0.500. The van der Waals surface area contributed by atoms with E-state index in [1.54, 1.807) is 20.8 Å². The summed E-state index contributed by atoms with van der Waals surface area (Å²) in [5.41, 5.74) is 0.218. The highest BCUT2D eigenvalue weighted by atomic mass is 19.4. The maximum absolute atomic E-state index is 13.2. The van der Waals surface area contributed by atoms with Crippen molar-refractivity contribution in [2.24, 2.45) is 0 Å². The quantitative estimate of drug-likeness (QED) is 0.700. The maximum Gasteiger partial charge on any atom is 0.423 e. The van der Waals surface area contributed by atoms with Crippen molar-refractivity contribution in [1.82, 2.24) is 9.97 Å². The minimum Gasteiger partial charge on any atom is -0.471 e. The molecule has 4 nitrogen and oxygen atoms in total. The second-order valence-corrected chi connectivity index (χ2v) is 7.85. The number of rotatable bonds is 4. The van der Waals surface area contributed by atoms with Crippen LogP contribution in [-0.4, -0.2) is 15.6 Å². The number of anilines is 2. The lowest BCUT2D eigenvalue weighted by Gasteiger charge is -2.23. The topological polar surface area (TPSA) is 47.0 Å². The van der Waals surface area contributed by atoms with Crippen LogP contribution in [0.5, 0.6) is 5.88 Å². The van der Waals surface area contributed by atoms with E-state index in [0.717, 1.165) is 11.9 Å². The van der Waals surface area contributed by atoms with E-state index in [1.807, 2.05) is 12.1 Å². The van der Waals surface area contributed by atoms with Crippen molar-refractivity contribution in [2.45, 2.75) is 64.1 Å². The van der Waals surface area contributed by atoms with Crippen molar-refractivity contribution >= 4 is 11.6 Å². The van der Waals surface area contributed by atoms with E-state index in [0.29, 0.717) is 5.92 Å². The van der Waals surface area contributed by atoms with Crippen molar-refractivity contribution in [3.63, 3.8) is 0 Å². The van der Waals surface area contributed by atoms with Gasteiger partial charge in [-0.05, 0) is 57.2 Å². The number of hydrogen-bond donors (Lipinski definition) is 1. The van der Waals surface area contributed by atoms with Crippen LogP contribution >= 0.6 is 0 Å². The number of halogens is 3. The molecule has 0 spiro atoms. The first-order valence-corrected chi connectivity index (χ1v) is 9.12. The molecule has 1 aromatic heterocycles. The van der Waals surface area contributed by atoms with E-state index >= 15 is 0 Å². The van der Waals surface area contributed by atoms with E-state index in [4.69, 9.17) is 4.74 Å². The van der Waals surface area contributed by atoms with Crippen LogP contribution in [0.3, 0.4) is 0 Å². The predicted molar refractivity (Wildman–Crippen MR) is 98.3 cm³/mol. The van der Waals surface area contributed by atoms with Crippen molar-refractivity contribution < 1.29 is 17.9 Å². The molecule has 1 aliphatic carbocycles. The molecule has 1 saturated carbocycles. The zero-order chi connectivity index (χ0) is 19.7. The van der Waals surface area contributed by atoms with Crippen molar-refractivity contribution in [3.05, 3.63) is 41.6 Å². The van der Waals surface area contributed by atoms with Crippen molar-refractivity contribution in [3.8, 4) is 5.88 Å². The number of hydrogen-bond acceptors (Lipinski definition) is 4. The summed E-state index contributed by atoms with van der Waals surface area (Å²) in [5.74, 6) is 0.194. The standard InChI is InChI=1S/C20H24F3N3O/c1-19(2,3)27-17-16(20(21,22)23)12-24-18(26-17)25-15-10-8-14(9-11-15)13-6-4-5-7-13/h8-13H,4-7H2,1-3H3,(H,24,25,26). The smallest absolute Gasteiger partial charge is 0.423 e. The van der Waals surface area contributed by atoms with Gasteiger partial charge < -0.3 is 10.1 Å². The molecule has 3 rings (SSSR count). The maximum atomic E-state index is 13.2. The molecule has 0 unspecified atom stereocenters. The van der Waals surface area contributed by atoms with Gasteiger partial charge in [0.15, 0.2) is 0 Å². The van der Waals surface area contributed by atoms with E-state index in [-0.39, 0.29) is 5.95 Å². The molecule has 0 saturated heterocycles. The molecule has 7 heteroatoms. The first kappa shape index (κ1) is 19.5. The van der Waals surface area contributed by atoms with Crippen LogP contribution in [0.1, 0.15) is 63.5 Å². The summed E-state index contributed by atoms with van der Waals surface area (Å²) in [6, 6.07) is 7.90. The summed E-state index contributed by atoms with van der Waals surface area (Å²) < 4.78 is 45.0. The predicted octanol–water partition coefficient (Wildman–Crippen LogP) is 6.07. The number of nitrogens with one attached hydrogen (secondary N) is 1. The normalized spacial score (nSPS) is 15.8. The summed E-state index contributed by atoms with van der Waals surface area (Å²) in [4.78, 5) is 7.76. The fourth-order valence-corrected chi connectivity index (χ4v) is 3.22. The zero-order valence-corrected chi connectivity index (χ0v) is 15.7. The number of benzene rings is 1. The number of ether oxygens (including phenoxy) is 1. The van der Waals surface area contributed by atoms with Gasteiger partial charge in [0.05, 0.1) is 0 Å². The molecule has 0 atom stereocenters. The molecule has 146 valence electrons. The highest BCUT2D eigenvalue weighted by Gasteiger charge is 2.37. The molecule has 1 aliphatic rings. The van der Waals surface area contributed by atoms with Crippen LogP contribution in [0.25, 0.3) is 0 Å². The zero-order valence-electron chi connectivity index (χ0n) is 15.7. The van der Waals surface area contributed by atoms with Crippen LogP contribution in [0.2, 0.25) is 0 Å². The molecular weight excluding hydrogens is 355 g/mol. The van der Waals surface area contributed by atoms with E-state index in [1.165, 1.54) is 31.2 Å². The Kier molecular flexibility index (Phi) is 5.31. The summed E-state index contributed by atoms with van der Waals surface area (Å²) in [6.45, 7) is 5.01. The second-order valence-electron chi connectivity index (χ2n) is 7.85. The Morgan fingerprint density at radius 3 is 2.22 bits per heavy atom. The monoisotopic (exact) mass is 379 g/mol. The molecule has 0 amide bonds. The van der Waals surface area contributed by atoms with Gasteiger partial charge in [-0.25, -0.2) is 4.98 Å². The second kappa shape index (κ2) is 7.37. The number of alkyl halides is 3. The number of aromatic nitrogens is 2. The Bertz CT molecular complexity index is 777. The molecule has 0 aliphatic heterocycles. The van der Waals surface area contributed by atoms with Crippen LogP contribution in [0, 0.1) is 0 Å². The highest BCUT2D eigenvalue weighted by molar-refractivity contribution is 5.54. The lowest BCUT2D eigenvalue weighted by Crippen LogP contribution is -2.26. The first-order valence-electron chi connectivity index (χ1n) is 9.12. The Morgan fingerprint density at radius 2 is 1.67 bits per heavy atom. The van der Waals surface area contributed by atoms with Crippen molar-refractivity contribution in [2.75, 3.05) is 5.32 Å². The molecule has 0 bridgehead atoms. The molecule has 2 aromatic rings. The highest BCUT2D eigenvalue weighted by Crippen LogP contribution is 2.37. The average molecular weight is 379 g/mol. The van der Waals surface area contributed by atoms with E-state index in [2.05, 4.69) is 27.4 Å².